The lowest BCUT2D eigenvalue weighted by Gasteiger charge is -2.03. The minimum absolute atomic E-state index is 0.110. The molecule has 0 spiro atoms. The van der Waals surface area contributed by atoms with E-state index in [1.54, 1.807) is 28.9 Å². The second-order valence-corrected chi connectivity index (χ2v) is 7.37. The van der Waals surface area contributed by atoms with Gasteiger partial charge in [0.15, 0.2) is 18.2 Å². The molecule has 8 heteroatoms. The number of carbonyl (C=O) groups excluding carboxylic acids is 2. The SMILES string of the molecule is O=C(COC(=O)c1nc(-c2cccs2)n(-c2ccccc2)n1)c1ccc(Cl)cc1. The number of esters is 1. The van der Waals surface area contributed by atoms with Crippen molar-refractivity contribution in [2.24, 2.45) is 0 Å². The van der Waals surface area contributed by atoms with E-state index in [1.165, 1.54) is 11.3 Å². The largest absolute Gasteiger partial charge is 0.451 e. The molecule has 6 nitrogen and oxygen atoms in total. The van der Waals surface area contributed by atoms with Crippen molar-refractivity contribution in [1.82, 2.24) is 14.8 Å². The summed E-state index contributed by atoms with van der Waals surface area (Å²) in [6.07, 6.45) is 0. The molecule has 144 valence electrons. The summed E-state index contributed by atoms with van der Waals surface area (Å²) in [6.45, 7) is -0.408. The number of carbonyl (C=O) groups is 2. The van der Waals surface area contributed by atoms with E-state index in [2.05, 4.69) is 10.1 Å². The van der Waals surface area contributed by atoms with Crippen LogP contribution in [0.1, 0.15) is 21.0 Å². The Morgan fingerprint density at radius 3 is 2.45 bits per heavy atom. The molecule has 0 atom stereocenters. The van der Waals surface area contributed by atoms with Crippen LogP contribution in [0.3, 0.4) is 0 Å². The summed E-state index contributed by atoms with van der Waals surface area (Å²) in [5, 5.41) is 6.75. The maximum atomic E-state index is 12.5. The number of para-hydroxylation sites is 1. The van der Waals surface area contributed by atoms with E-state index in [9.17, 15) is 9.59 Å². The van der Waals surface area contributed by atoms with Gasteiger partial charge in [-0.2, -0.15) is 4.98 Å². The monoisotopic (exact) mass is 423 g/mol. The van der Waals surface area contributed by atoms with Gasteiger partial charge in [-0.25, -0.2) is 9.48 Å². The fraction of sp³-hybridized carbons (Fsp3) is 0.0476. The van der Waals surface area contributed by atoms with Crippen LogP contribution in [0.15, 0.2) is 72.1 Å². The topological polar surface area (TPSA) is 74.1 Å². The van der Waals surface area contributed by atoms with Gasteiger partial charge < -0.3 is 4.74 Å². The fourth-order valence-electron chi connectivity index (χ4n) is 2.63. The highest BCUT2D eigenvalue weighted by Crippen LogP contribution is 2.25. The van der Waals surface area contributed by atoms with Gasteiger partial charge in [0.1, 0.15) is 0 Å². The van der Waals surface area contributed by atoms with E-state index >= 15 is 0 Å². The lowest BCUT2D eigenvalue weighted by Crippen LogP contribution is -2.15. The van der Waals surface area contributed by atoms with Gasteiger partial charge >= 0.3 is 5.97 Å². The summed E-state index contributed by atoms with van der Waals surface area (Å²) in [6, 6.07) is 19.5. The first-order valence-corrected chi connectivity index (χ1v) is 9.90. The number of benzene rings is 2. The van der Waals surface area contributed by atoms with Crippen molar-refractivity contribution in [3.8, 4) is 16.4 Å². The van der Waals surface area contributed by atoms with Crippen LogP contribution in [-0.2, 0) is 4.74 Å². The molecule has 0 aliphatic heterocycles. The van der Waals surface area contributed by atoms with Crippen molar-refractivity contribution in [3.63, 3.8) is 0 Å². The quantitative estimate of drug-likeness (QED) is 0.332. The Labute approximate surface area is 175 Å². The fourth-order valence-corrected chi connectivity index (χ4v) is 3.45. The summed E-state index contributed by atoms with van der Waals surface area (Å²) in [5.41, 5.74) is 1.17. The first kappa shape index (κ1) is 19.0. The summed E-state index contributed by atoms with van der Waals surface area (Å²) in [5.74, 6) is -0.681. The molecule has 4 aromatic rings. The van der Waals surface area contributed by atoms with E-state index in [4.69, 9.17) is 16.3 Å². The maximum Gasteiger partial charge on any atom is 0.378 e. The van der Waals surface area contributed by atoms with Crippen molar-refractivity contribution in [2.75, 3.05) is 6.61 Å². The number of halogens is 1. The third-order valence-corrected chi connectivity index (χ3v) is 5.15. The van der Waals surface area contributed by atoms with Crippen LogP contribution in [0, 0.1) is 0 Å². The summed E-state index contributed by atoms with van der Waals surface area (Å²) in [4.78, 5) is 29.9. The molecule has 0 saturated heterocycles. The Balaban J connectivity index is 1.56. The van der Waals surface area contributed by atoms with Gasteiger partial charge in [0, 0.05) is 10.6 Å². The zero-order valence-corrected chi connectivity index (χ0v) is 16.6. The Bertz CT molecular complexity index is 1140. The zero-order chi connectivity index (χ0) is 20.2. The molecule has 0 aliphatic rings. The molecule has 0 unspecified atom stereocenters. The molecule has 2 aromatic heterocycles. The number of aromatic nitrogens is 3. The molecule has 0 saturated carbocycles. The van der Waals surface area contributed by atoms with E-state index in [0.29, 0.717) is 16.4 Å². The molecule has 0 aliphatic carbocycles. The second-order valence-electron chi connectivity index (χ2n) is 5.99. The molecular formula is C21H14ClN3O3S. The number of nitrogens with zero attached hydrogens (tertiary/aromatic N) is 3. The number of thiophene rings is 1. The lowest BCUT2D eigenvalue weighted by molar-refractivity contribution is 0.0462. The molecule has 0 bridgehead atoms. The molecular weight excluding hydrogens is 410 g/mol. The number of ether oxygens (including phenoxy) is 1. The predicted molar refractivity (Wildman–Crippen MR) is 111 cm³/mol. The Hall–Kier alpha value is -3.29. The van der Waals surface area contributed by atoms with Gasteiger partial charge in [-0.15, -0.1) is 16.4 Å². The highest BCUT2D eigenvalue weighted by Gasteiger charge is 2.21. The van der Waals surface area contributed by atoms with Gasteiger partial charge in [0.2, 0.25) is 0 Å². The van der Waals surface area contributed by atoms with Crippen LogP contribution in [-0.4, -0.2) is 33.1 Å². The van der Waals surface area contributed by atoms with E-state index in [-0.39, 0.29) is 11.6 Å². The lowest BCUT2D eigenvalue weighted by atomic mass is 10.1. The third-order valence-electron chi connectivity index (χ3n) is 4.03. The second kappa shape index (κ2) is 8.38. The van der Waals surface area contributed by atoms with Crippen LogP contribution in [0.25, 0.3) is 16.4 Å². The third kappa shape index (κ3) is 4.26. The molecule has 0 fully saturated rings. The predicted octanol–water partition coefficient (Wildman–Crippen LogP) is 4.69. The summed E-state index contributed by atoms with van der Waals surface area (Å²) >= 11 is 7.31. The van der Waals surface area contributed by atoms with Crippen molar-refractivity contribution in [1.29, 1.82) is 0 Å². The Morgan fingerprint density at radius 2 is 1.76 bits per heavy atom. The van der Waals surface area contributed by atoms with Crippen LogP contribution in [0.5, 0.6) is 0 Å². The first-order chi connectivity index (χ1) is 14.1. The minimum Gasteiger partial charge on any atom is -0.451 e. The van der Waals surface area contributed by atoms with Crippen LogP contribution in [0.2, 0.25) is 5.02 Å². The van der Waals surface area contributed by atoms with Crippen molar-refractivity contribution < 1.29 is 14.3 Å². The van der Waals surface area contributed by atoms with Gasteiger partial charge in [-0.3, -0.25) is 4.79 Å². The van der Waals surface area contributed by atoms with E-state index in [1.807, 2.05) is 47.8 Å². The summed E-state index contributed by atoms with van der Waals surface area (Å²) in [7, 11) is 0. The molecule has 0 radical (unpaired) electrons. The highest BCUT2D eigenvalue weighted by atomic mass is 35.5. The average Bonchev–Trinajstić information content (AvgIpc) is 3.42. The molecule has 29 heavy (non-hydrogen) atoms. The normalized spacial score (nSPS) is 10.7. The first-order valence-electron chi connectivity index (χ1n) is 8.64. The Morgan fingerprint density at radius 1 is 1.00 bits per heavy atom. The average molecular weight is 424 g/mol. The van der Waals surface area contributed by atoms with Crippen LogP contribution in [0.4, 0.5) is 0 Å². The van der Waals surface area contributed by atoms with Gasteiger partial charge in [-0.1, -0.05) is 35.9 Å². The maximum absolute atomic E-state index is 12.5. The van der Waals surface area contributed by atoms with Crippen LogP contribution < -0.4 is 0 Å². The van der Waals surface area contributed by atoms with E-state index in [0.717, 1.165) is 10.6 Å². The molecule has 2 heterocycles. The van der Waals surface area contributed by atoms with E-state index < -0.39 is 12.6 Å². The molecule has 2 aromatic carbocycles. The number of hydrogen-bond acceptors (Lipinski definition) is 6. The standard InChI is InChI=1S/C21H14ClN3O3S/c22-15-10-8-14(9-11-15)17(26)13-28-21(27)19-23-20(18-7-4-12-29-18)25(24-19)16-5-2-1-3-6-16/h1-12H,13H2. The Kier molecular flexibility index (Phi) is 5.50. The molecule has 4 rings (SSSR count). The van der Waals surface area contributed by atoms with Crippen molar-refractivity contribution in [3.05, 3.63) is 88.5 Å². The van der Waals surface area contributed by atoms with Crippen LogP contribution >= 0.6 is 22.9 Å². The smallest absolute Gasteiger partial charge is 0.378 e. The molecule has 0 amide bonds. The number of rotatable bonds is 6. The van der Waals surface area contributed by atoms with Crippen molar-refractivity contribution >= 4 is 34.7 Å². The highest BCUT2D eigenvalue weighted by molar-refractivity contribution is 7.13. The summed E-state index contributed by atoms with van der Waals surface area (Å²) < 4.78 is 6.73. The van der Waals surface area contributed by atoms with Gasteiger partial charge in [-0.05, 0) is 47.8 Å². The minimum atomic E-state index is -0.764. The number of ketones is 1. The molecule has 0 N–H and O–H groups in total. The zero-order valence-electron chi connectivity index (χ0n) is 15.0. The van der Waals surface area contributed by atoms with Crippen molar-refractivity contribution in [2.45, 2.75) is 0 Å². The van der Waals surface area contributed by atoms with Gasteiger partial charge in [0.05, 0.1) is 10.6 Å². The number of hydrogen-bond donors (Lipinski definition) is 0. The van der Waals surface area contributed by atoms with Gasteiger partial charge in [0.25, 0.3) is 5.82 Å². The number of Topliss-reactive ketones (excluding diaryl/α,β-unsaturated/α-hetero) is 1.